The van der Waals surface area contributed by atoms with Crippen LogP contribution in [0.25, 0.3) is 0 Å². The average Bonchev–Trinajstić information content (AvgIpc) is 2.62. The highest BCUT2D eigenvalue weighted by molar-refractivity contribution is 5.94. The van der Waals surface area contributed by atoms with E-state index in [4.69, 9.17) is 4.74 Å². The third-order valence-electron chi connectivity index (χ3n) is 4.87. The van der Waals surface area contributed by atoms with Crippen molar-refractivity contribution in [2.75, 3.05) is 5.32 Å². The Bertz CT molecular complexity index is 734. The van der Waals surface area contributed by atoms with Crippen LogP contribution in [0.5, 0.6) is 5.75 Å². The molecule has 3 heteroatoms. The van der Waals surface area contributed by atoms with E-state index in [1.807, 2.05) is 24.3 Å². The minimum atomic E-state index is -0.529. The van der Waals surface area contributed by atoms with Crippen LogP contribution >= 0.6 is 0 Å². The lowest BCUT2D eigenvalue weighted by Gasteiger charge is -2.22. The lowest BCUT2D eigenvalue weighted by molar-refractivity contribution is -0.122. The fraction of sp³-hybridized carbons (Fsp3) is 0.409. The number of amides is 1. The zero-order valence-corrected chi connectivity index (χ0v) is 15.3. The summed E-state index contributed by atoms with van der Waals surface area (Å²) in [7, 11) is 0. The molecule has 2 aromatic carbocycles. The lowest BCUT2D eigenvalue weighted by atomic mass is 9.91. The Kier molecular flexibility index (Phi) is 5.42. The molecule has 0 bridgehead atoms. The normalized spacial score (nSPS) is 14.7. The van der Waals surface area contributed by atoms with Crippen LogP contribution in [0.4, 0.5) is 5.69 Å². The predicted octanol–water partition coefficient (Wildman–Crippen LogP) is 5.09. The van der Waals surface area contributed by atoms with Crippen LogP contribution in [0.2, 0.25) is 0 Å². The van der Waals surface area contributed by atoms with Crippen molar-refractivity contribution in [1.82, 2.24) is 0 Å². The summed E-state index contributed by atoms with van der Waals surface area (Å²) in [5.41, 5.74) is 4.70. The van der Waals surface area contributed by atoms with Crippen LogP contribution in [0.1, 0.15) is 56.2 Å². The van der Waals surface area contributed by atoms with Crippen molar-refractivity contribution in [1.29, 1.82) is 0 Å². The maximum absolute atomic E-state index is 12.5. The Balaban J connectivity index is 1.65. The van der Waals surface area contributed by atoms with Gasteiger partial charge in [-0.3, -0.25) is 4.79 Å². The summed E-state index contributed by atoms with van der Waals surface area (Å²) in [4.78, 5) is 12.5. The first kappa shape index (κ1) is 17.5. The fourth-order valence-electron chi connectivity index (χ4n) is 3.30. The Morgan fingerprint density at radius 1 is 1.00 bits per heavy atom. The van der Waals surface area contributed by atoms with E-state index in [9.17, 15) is 4.79 Å². The first-order chi connectivity index (χ1) is 12.0. The van der Waals surface area contributed by atoms with Crippen LogP contribution in [0.3, 0.4) is 0 Å². The molecule has 0 heterocycles. The second-order valence-electron chi connectivity index (χ2n) is 7.13. The molecule has 0 unspecified atom stereocenters. The molecule has 3 nitrogen and oxygen atoms in total. The van der Waals surface area contributed by atoms with Gasteiger partial charge in [-0.05, 0) is 73.4 Å². The quantitative estimate of drug-likeness (QED) is 0.825. The fourth-order valence-corrected chi connectivity index (χ4v) is 3.30. The van der Waals surface area contributed by atoms with Crippen molar-refractivity contribution in [2.24, 2.45) is 0 Å². The maximum Gasteiger partial charge on any atom is 0.265 e. The molecule has 1 N–H and O–H groups in total. The first-order valence-corrected chi connectivity index (χ1v) is 9.23. The van der Waals surface area contributed by atoms with Crippen LogP contribution < -0.4 is 10.1 Å². The number of anilines is 1. The molecular weight excluding hydrogens is 310 g/mol. The van der Waals surface area contributed by atoms with Crippen molar-refractivity contribution in [3.8, 4) is 5.75 Å². The maximum atomic E-state index is 12.5. The lowest BCUT2D eigenvalue weighted by Crippen LogP contribution is -2.30. The minimum Gasteiger partial charge on any atom is -0.481 e. The molecule has 2 aromatic rings. The number of ether oxygens (including phenoxy) is 1. The van der Waals surface area contributed by atoms with E-state index in [0.717, 1.165) is 24.3 Å². The van der Waals surface area contributed by atoms with Gasteiger partial charge in [0.25, 0.3) is 5.91 Å². The molecule has 3 rings (SSSR count). The highest BCUT2D eigenvalue weighted by Gasteiger charge is 2.19. The molecule has 132 valence electrons. The molecule has 1 aliphatic rings. The molecule has 25 heavy (non-hydrogen) atoms. The molecule has 0 radical (unpaired) electrons. The van der Waals surface area contributed by atoms with Gasteiger partial charge in [0, 0.05) is 5.69 Å². The third kappa shape index (κ3) is 4.22. The van der Waals surface area contributed by atoms with Gasteiger partial charge in [0.15, 0.2) is 6.10 Å². The SMILES string of the molecule is CC(C)c1ccc(NC(=O)[C@H](C)Oc2cccc3c2CCCC3)cc1. The van der Waals surface area contributed by atoms with E-state index < -0.39 is 6.10 Å². The van der Waals surface area contributed by atoms with Gasteiger partial charge >= 0.3 is 0 Å². The molecule has 0 fully saturated rings. The van der Waals surface area contributed by atoms with E-state index in [1.54, 1.807) is 6.92 Å². The molecule has 1 aliphatic carbocycles. The second-order valence-corrected chi connectivity index (χ2v) is 7.13. The molecule has 0 spiro atoms. The number of carbonyl (C=O) groups is 1. The predicted molar refractivity (Wildman–Crippen MR) is 102 cm³/mol. The van der Waals surface area contributed by atoms with Crippen LogP contribution in [-0.2, 0) is 17.6 Å². The number of fused-ring (bicyclic) bond motifs is 1. The summed E-state index contributed by atoms with van der Waals surface area (Å²) >= 11 is 0. The highest BCUT2D eigenvalue weighted by atomic mass is 16.5. The van der Waals surface area contributed by atoms with Crippen molar-refractivity contribution in [2.45, 2.75) is 58.5 Å². The summed E-state index contributed by atoms with van der Waals surface area (Å²) in [5.74, 6) is 1.22. The summed E-state index contributed by atoms with van der Waals surface area (Å²) in [6, 6.07) is 14.2. The summed E-state index contributed by atoms with van der Waals surface area (Å²) in [6.07, 6.45) is 4.04. The monoisotopic (exact) mass is 337 g/mol. The van der Waals surface area contributed by atoms with Crippen molar-refractivity contribution < 1.29 is 9.53 Å². The molecule has 0 saturated heterocycles. The third-order valence-corrected chi connectivity index (χ3v) is 4.87. The van der Waals surface area contributed by atoms with Gasteiger partial charge in [0.1, 0.15) is 5.75 Å². The number of hydrogen-bond acceptors (Lipinski definition) is 2. The molecule has 1 amide bonds. The number of aryl methyl sites for hydroxylation is 1. The Morgan fingerprint density at radius 2 is 1.72 bits per heavy atom. The summed E-state index contributed by atoms with van der Waals surface area (Å²) < 4.78 is 6.00. The van der Waals surface area contributed by atoms with Crippen LogP contribution in [0, 0.1) is 0 Å². The van der Waals surface area contributed by atoms with Crippen LogP contribution in [-0.4, -0.2) is 12.0 Å². The molecule has 0 aromatic heterocycles. The molecular formula is C22H27NO2. The highest BCUT2D eigenvalue weighted by Crippen LogP contribution is 2.30. The topological polar surface area (TPSA) is 38.3 Å². The van der Waals surface area contributed by atoms with Crippen LogP contribution in [0.15, 0.2) is 42.5 Å². The standard InChI is InChI=1S/C22H27NO2/c1-15(2)17-11-13-19(14-12-17)23-22(24)16(3)25-21-10-6-8-18-7-4-5-9-20(18)21/h6,8,10-16H,4-5,7,9H2,1-3H3,(H,23,24)/t16-/m0/s1. The zero-order valence-electron chi connectivity index (χ0n) is 15.3. The molecule has 0 saturated carbocycles. The number of nitrogens with one attached hydrogen (secondary N) is 1. The zero-order chi connectivity index (χ0) is 17.8. The van der Waals surface area contributed by atoms with E-state index in [-0.39, 0.29) is 5.91 Å². The Morgan fingerprint density at radius 3 is 2.44 bits per heavy atom. The van der Waals surface area contributed by atoms with Gasteiger partial charge in [-0.2, -0.15) is 0 Å². The largest absolute Gasteiger partial charge is 0.481 e. The van der Waals surface area contributed by atoms with E-state index in [1.165, 1.54) is 29.5 Å². The van der Waals surface area contributed by atoms with Gasteiger partial charge in [0.05, 0.1) is 0 Å². The number of carbonyl (C=O) groups excluding carboxylic acids is 1. The van der Waals surface area contributed by atoms with E-state index in [0.29, 0.717) is 5.92 Å². The number of hydrogen-bond donors (Lipinski definition) is 1. The molecule has 1 atom stereocenters. The summed E-state index contributed by atoms with van der Waals surface area (Å²) in [6.45, 7) is 6.12. The Labute approximate surface area is 150 Å². The average molecular weight is 337 g/mol. The smallest absolute Gasteiger partial charge is 0.265 e. The van der Waals surface area contributed by atoms with Gasteiger partial charge in [-0.15, -0.1) is 0 Å². The van der Waals surface area contributed by atoms with Gasteiger partial charge < -0.3 is 10.1 Å². The van der Waals surface area contributed by atoms with E-state index >= 15 is 0 Å². The van der Waals surface area contributed by atoms with Crippen molar-refractivity contribution >= 4 is 11.6 Å². The Hall–Kier alpha value is -2.29. The first-order valence-electron chi connectivity index (χ1n) is 9.23. The minimum absolute atomic E-state index is 0.120. The van der Waals surface area contributed by atoms with Gasteiger partial charge in [-0.1, -0.05) is 38.1 Å². The van der Waals surface area contributed by atoms with Crippen molar-refractivity contribution in [3.63, 3.8) is 0 Å². The molecule has 0 aliphatic heterocycles. The van der Waals surface area contributed by atoms with Crippen molar-refractivity contribution in [3.05, 3.63) is 59.2 Å². The van der Waals surface area contributed by atoms with E-state index in [2.05, 4.69) is 37.4 Å². The second kappa shape index (κ2) is 7.73. The van der Waals surface area contributed by atoms with Gasteiger partial charge in [-0.25, -0.2) is 0 Å². The summed E-state index contributed by atoms with van der Waals surface area (Å²) in [5, 5.41) is 2.94. The number of rotatable bonds is 5. The van der Waals surface area contributed by atoms with Gasteiger partial charge in [0.2, 0.25) is 0 Å². The number of benzene rings is 2.